The number of rotatable bonds is 8. The third-order valence-electron chi connectivity index (χ3n) is 6.19. The summed E-state index contributed by atoms with van der Waals surface area (Å²) in [4.78, 5) is 29.8. The molecule has 0 radical (unpaired) electrons. The first-order chi connectivity index (χ1) is 18.0. The van der Waals surface area contributed by atoms with Crippen LogP contribution in [0.5, 0.6) is 5.75 Å². The van der Waals surface area contributed by atoms with Gasteiger partial charge in [-0.05, 0) is 24.6 Å². The van der Waals surface area contributed by atoms with Crippen LogP contribution >= 0.6 is 0 Å². The molecule has 192 valence electrons. The Labute approximate surface area is 212 Å². The van der Waals surface area contributed by atoms with Crippen LogP contribution in [0.1, 0.15) is 23.2 Å². The van der Waals surface area contributed by atoms with Crippen molar-refractivity contribution in [1.82, 2.24) is 29.8 Å². The molecule has 5 N–H and O–H groups in total. The summed E-state index contributed by atoms with van der Waals surface area (Å²) in [5, 5.41) is 16.4. The van der Waals surface area contributed by atoms with Crippen molar-refractivity contribution in [1.29, 1.82) is 0 Å². The molecule has 12 heteroatoms. The average Bonchev–Trinajstić information content (AvgIpc) is 3.48. The fourth-order valence-corrected chi connectivity index (χ4v) is 4.23. The molecule has 1 fully saturated rings. The second-order valence-electron chi connectivity index (χ2n) is 8.70. The minimum Gasteiger partial charge on any atom is -0.487 e. The number of amides is 1. The predicted molar refractivity (Wildman–Crippen MR) is 134 cm³/mol. The molecular weight excluding hydrogens is 476 g/mol. The molecule has 12 nitrogen and oxygen atoms in total. The minimum absolute atomic E-state index is 0.330. The third-order valence-corrected chi connectivity index (χ3v) is 6.19. The highest BCUT2D eigenvalue weighted by molar-refractivity contribution is 5.83. The number of aliphatic hydroxyl groups is 1. The number of nitrogens with one attached hydrogen (secondary N) is 2. The molecule has 4 aromatic rings. The molecule has 0 aliphatic carbocycles. The minimum atomic E-state index is -1.13. The lowest BCUT2D eigenvalue weighted by atomic mass is 10.1. The fraction of sp³-hybridized carbons (Fsp3) is 0.320. The van der Waals surface area contributed by atoms with E-state index in [1.807, 2.05) is 49.4 Å². The van der Waals surface area contributed by atoms with Gasteiger partial charge < -0.3 is 30.9 Å². The van der Waals surface area contributed by atoms with Crippen molar-refractivity contribution in [2.75, 3.05) is 12.4 Å². The van der Waals surface area contributed by atoms with E-state index in [1.54, 1.807) is 4.57 Å². The van der Waals surface area contributed by atoms with Gasteiger partial charge in [-0.25, -0.2) is 15.0 Å². The summed E-state index contributed by atoms with van der Waals surface area (Å²) in [6.07, 6.45) is -0.190. The number of carbonyl (C=O) groups is 1. The molecule has 1 amide bonds. The Hall–Kier alpha value is -4.13. The third kappa shape index (κ3) is 4.94. The van der Waals surface area contributed by atoms with E-state index in [1.165, 1.54) is 19.7 Å². The molecule has 0 saturated carbocycles. The number of pyridine rings is 1. The molecule has 0 spiro atoms. The molecule has 1 aliphatic heterocycles. The maximum atomic E-state index is 12.1. The van der Waals surface area contributed by atoms with Crippen LogP contribution < -0.4 is 21.1 Å². The zero-order valence-electron chi connectivity index (χ0n) is 20.4. The van der Waals surface area contributed by atoms with E-state index in [9.17, 15) is 9.90 Å². The standard InChI is InChI=1S/C25H28N8O4/c1-14-8-9-17(36-11-15-6-4-3-5-7-15)16(32-14)10-28-22-19-23(30-12-29-22)33(13-31-19)25-20(34)18(26)21(37-25)24(35)27-2/h3-9,12-13,18,20-21,25,34H,10-11,26H2,1-2H3,(H,27,35)(H,28,29,30). The topological polar surface area (TPSA) is 162 Å². The molecule has 4 atom stereocenters. The maximum Gasteiger partial charge on any atom is 0.250 e. The normalized spacial score (nSPS) is 21.2. The first-order valence-corrected chi connectivity index (χ1v) is 11.8. The van der Waals surface area contributed by atoms with Gasteiger partial charge in [0.05, 0.1) is 18.9 Å². The SMILES string of the molecule is CNC(=O)C1OC(n2cnc3c(NCc4nc(C)ccc4OCc4ccccc4)ncnc32)C(O)C1N. The molecule has 4 unspecified atom stereocenters. The van der Waals surface area contributed by atoms with Gasteiger partial charge in [0.1, 0.15) is 30.5 Å². The van der Waals surface area contributed by atoms with E-state index >= 15 is 0 Å². The number of likely N-dealkylation sites (N-methyl/N-ethyl adjacent to an activating group) is 1. The lowest BCUT2D eigenvalue weighted by Gasteiger charge is -2.16. The van der Waals surface area contributed by atoms with Gasteiger partial charge in [-0.15, -0.1) is 0 Å². The van der Waals surface area contributed by atoms with Crippen LogP contribution in [0.25, 0.3) is 11.2 Å². The van der Waals surface area contributed by atoms with E-state index in [0.717, 1.165) is 17.0 Å². The first-order valence-electron chi connectivity index (χ1n) is 11.8. The number of carbonyl (C=O) groups excluding carboxylic acids is 1. The Balaban J connectivity index is 1.35. The van der Waals surface area contributed by atoms with Gasteiger partial charge in [0.15, 0.2) is 29.3 Å². The number of fused-ring (bicyclic) bond motifs is 1. The maximum absolute atomic E-state index is 12.1. The summed E-state index contributed by atoms with van der Waals surface area (Å²) in [5.41, 5.74) is 9.55. The lowest BCUT2D eigenvalue weighted by Crippen LogP contribution is -2.46. The summed E-state index contributed by atoms with van der Waals surface area (Å²) in [7, 11) is 1.48. The number of nitrogens with two attached hydrogens (primary N) is 1. The Kier molecular flexibility index (Phi) is 6.95. The molecule has 37 heavy (non-hydrogen) atoms. The van der Waals surface area contributed by atoms with Crippen LogP contribution in [0.15, 0.2) is 55.1 Å². The monoisotopic (exact) mass is 504 g/mol. The van der Waals surface area contributed by atoms with Gasteiger partial charge in [-0.1, -0.05) is 30.3 Å². The summed E-state index contributed by atoms with van der Waals surface area (Å²) >= 11 is 0. The van der Waals surface area contributed by atoms with Crippen molar-refractivity contribution < 1.29 is 19.4 Å². The van der Waals surface area contributed by atoms with Crippen LogP contribution in [0.2, 0.25) is 0 Å². The molecule has 0 bridgehead atoms. The fourth-order valence-electron chi connectivity index (χ4n) is 4.23. The van der Waals surface area contributed by atoms with Crippen molar-refractivity contribution in [3.8, 4) is 5.75 Å². The van der Waals surface area contributed by atoms with E-state index < -0.39 is 30.4 Å². The van der Waals surface area contributed by atoms with E-state index in [4.69, 9.17) is 15.2 Å². The highest BCUT2D eigenvalue weighted by atomic mass is 16.5. The Bertz CT molecular complexity index is 1400. The second-order valence-corrected chi connectivity index (χ2v) is 8.70. The number of imidazole rings is 1. The number of aromatic nitrogens is 5. The van der Waals surface area contributed by atoms with Crippen LogP contribution in [-0.4, -0.2) is 60.8 Å². The van der Waals surface area contributed by atoms with Crippen molar-refractivity contribution in [2.45, 2.75) is 44.6 Å². The summed E-state index contributed by atoms with van der Waals surface area (Å²) in [6.45, 7) is 2.67. The highest BCUT2D eigenvalue weighted by Crippen LogP contribution is 2.31. The largest absolute Gasteiger partial charge is 0.487 e. The number of anilines is 1. The Morgan fingerprint density at radius 2 is 2.00 bits per heavy atom. The van der Waals surface area contributed by atoms with Crippen LogP contribution in [0.3, 0.4) is 0 Å². The van der Waals surface area contributed by atoms with Crippen molar-refractivity contribution in [3.05, 3.63) is 72.1 Å². The zero-order valence-corrected chi connectivity index (χ0v) is 20.4. The van der Waals surface area contributed by atoms with E-state index in [0.29, 0.717) is 35.9 Å². The van der Waals surface area contributed by atoms with Crippen molar-refractivity contribution in [3.63, 3.8) is 0 Å². The predicted octanol–water partition coefficient (Wildman–Crippen LogP) is 1.05. The molecule has 4 heterocycles. The van der Waals surface area contributed by atoms with Gasteiger partial charge >= 0.3 is 0 Å². The summed E-state index contributed by atoms with van der Waals surface area (Å²) in [5.74, 6) is 0.724. The number of ether oxygens (including phenoxy) is 2. The highest BCUT2D eigenvalue weighted by Gasteiger charge is 2.46. The molecular formula is C25H28N8O4. The quantitative estimate of drug-likeness (QED) is 0.273. The van der Waals surface area contributed by atoms with Crippen molar-refractivity contribution in [2.24, 2.45) is 5.73 Å². The second kappa shape index (κ2) is 10.5. The molecule has 5 rings (SSSR count). The van der Waals surface area contributed by atoms with Gasteiger partial charge in [0, 0.05) is 12.7 Å². The molecule has 1 aromatic carbocycles. The van der Waals surface area contributed by atoms with Crippen LogP contribution in [0.4, 0.5) is 5.82 Å². The summed E-state index contributed by atoms with van der Waals surface area (Å²) in [6, 6.07) is 12.8. The number of nitrogens with zero attached hydrogens (tertiary/aromatic N) is 5. The van der Waals surface area contributed by atoms with E-state index in [-0.39, 0.29) is 0 Å². The van der Waals surface area contributed by atoms with Gasteiger partial charge in [-0.3, -0.25) is 14.3 Å². The zero-order chi connectivity index (χ0) is 25.9. The molecule has 3 aromatic heterocycles. The average molecular weight is 505 g/mol. The molecule has 1 aliphatic rings. The number of aryl methyl sites for hydroxylation is 1. The van der Waals surface area contributed by atoms with Crippen LogP contribution in [-0.2, 0) is 22.7 Å². The van der Waals surface area contributed by atoms with Crippen LogP contribution in [0, 0.1) is 6.92 Å². The Morgan fingerprint density at radius 3 is 2.78 bits per heavy atom. The van der Waals surface area contributed by atoms with Gasteiger partial charge in [-0.2, -0.15) is 0 Å². The van der Waals surface area contributed by atoms with Gasteiger partial charge in [0.2, 0.25) is 0 Å². The van der Waals surface area contributed by atoms with Gasteiger partial charge in [0.25, 0.3) is 5.91 Å². The lowest BCUT2D eigenvalue weighted by molar-refractivity contribution is -0.134. The number of hydrogen-bond donors (Lipinski definition) is 4. The molecule has 1 saturated heterocycles. The summed E-state index contributed by atoms with van der Waals surface area (Å²) < 4.78 is 13.4. The Morgan fingerprint density at radius 1 is 1.19 bits per heavy atom. The van der Waals surface area contributed by atoms with E-state index in [2.05, 4.69) is 30.6 Å². The number of hydrogen-bond acceptors (Lipinski definition) is 10. The first kappa shape index (κ1) is 24.6. The number of aliphatic hydroxyl groups excluding tert-OH is 1. The smallest absolute Gasteiger partial charge is 0.250 e. The number of benzene rings is 1. The van der Waals surface area contributed by atoms with Crippen molar-refractivity contribution >= 4 is 22.9 Å².